The topological polar surface area (TPSA) is 21.3 Å². The van der Waals surface area contributed by atoms with Crippen LogP contribution in [0.2, 0.25) is 0 Å². The van der Waals surface area contributed by atoms with Crippen molar-refractivity contribution in [2.45, 2.75) is 13.8 Å². The van der Waals surface area contributed by atoms with Crippen LogP contribution in [0.25, 0.3) is 0 Å². The van der Waals surface area contributed by atoms with E-state index in [4.69, 9.17) is 16.3 Å². The van der Waals surface area contributed by atoms with E-state index in [0.717, 1.165) is 11.4 Å². The lowest BCUT2D eigenvalue weighted by Crippen LogP contribution is -2.08. The van der Waals surface area contributed by atoms with E-state index in [2.05, 4.69) is 5.32 Å². The fourth-order valence-electron chi connectivity index (χ4n) is 1.25. The molecule has 3 heteroatoms. The van der Waals surface area contributed by atoms with E-state index in [-0.39, 0.29) is 0 Å². The first-order valence-corrected chi connectivity index (χ1v) is 4.46. The number of nitrogens with one attached hydrogen (secondary N) is 1. The number of anilines is 1. The van der Waals surface area contributed by atoms with Gasteiger partial charge in [-0.2, -0.15) is 0 Å². The molecule has 1 heterocycles. The van der Waals surface area contributed by atoms with Crippen LogP contribution in [0.15, 0.2) is 29.1 Å². The minimum atomic E-state index is 0.554. The van der Waals surface area contributed by atoms with E-state index in [0.29, 0.717) is 10.9 Å². The van der Waals surface area contributed by atoms with Crippen LogP contribution < -0.4 is 10.1 Å². The fraction of sp³-hybridized carbons (Fsp3) is 0.200. The first kappa shape index (κ1) is 8.45. The Balaban J connectivity index is 2.44. The van der Waals surface area contributed by atoms with E-state index in [1.54, 1.807) is 0 Å². The minimum Gasteiger partial charge on any atom is -0.457 e. The molecule has 0 spiro atoms. The lowest BCUT2D eigenvalue weighted by atomic mass is 10.2. The van der Waals surface area contributed by atoms with E-state index < -0.39 is 0 Å². The third-order valence-corrected chi connectivity index (χ3v) is 2.31. The third kappa shape index (κ3) is 1.49. The van der Waals surface area contributed by atoms with Crippen LogP contribution in [0.1, 0.15) is 12.5 Å². The van der Waals surface area contributed by atoms with Gasteiger partial charge < -0.3 is 10.1 Å². The van der Waals surface area contributed by atoms with Crippen LogP contribution in [0.3, 0.4) is 0 Å². The number of ether oxygens (including phenoxy) is 1. The van der Waals surface area contributed by atoms with E-state index >= 15 is 0 Å². The highest BCUT2D eigenvalue weighted by molar-refractivity contribution is 6.31. The van der Waals surface area contributed by atoms with Crippen molar-refractivity contribution in [3.05, 3.63) is 34.7 Å². The van der Waals surface area contributed by atoms with Crippen molar-refractivity contribution in [2.24, 2.45) is 0 Å². The zero-order chi connectivity index (χ0) is 9.42. The van der Waals surface area contributed by atoms with Crippen LogP contribution in [0.4, 0.5) is 5.69 Å². The summed E-state index contributed by atoms with van der Waals surface area (Å²) in [5.74, 6) is 1.53. The molecule has 2 nitrogen and oxygen atoms in total. The van der Waals surface area contributed by atoms with Gasteiger partial charge in [0.05, 0.1) is 5.69 Å². The van der Waals surface area contributed by atoms with Gasteiger partial charge in [-0.3, -0.25) is 0 Å². The van der Waals surface area contributed by atoms with Crippen molar-refractivity contribution in [1.29, 1.82) is 0 Å². The molecule has 0 fully saturated rings. The average molecular weight is 196 g/mol. The molecule has 0 amide bonds. The van der Waals surface area contributed by atoms with Gasteiger partial charge in [0, 0.05) is 0 Å². The molecule has 1 aliphatic heterocycles. The largest absolute Gasteiger partial charge is 0.457 e. The molecule has 0 saturated carbocycles. The van der Waals surface area contributed by atoms with Crippen LogP contribution in [-0.4, -0.2) is 0 Å². The van der Waals surface area contributed by atoms with Crippen LogP contribution >= 0.6 is 11.6 Å². The van der Waals surface area contributed by atoms with Crippen LogP contribution in [-0.2, 0) is 0 Å². The van der Waals surface area contributed by atoms with Crippen molar-refractivity contribution in [2.75, 3.05) is 5.32 Å². The second-order valence-corrected chi connectivity index (χ2v) is 3.47. The number of hydrogen-bond acceptors (Lipinski definition) is 2. The van der Waals surface area contributed by atoms with Crippen LogP contribution in [0, 0.1) is 6.92 Å². The molecule has 0 aliphatic carbocycles. The predicted octanol–water partition coefficient (Wildman–Crippen LogP) is 3.23. The van der Waals surface area contributed by atoms with E-state index in [9.17, 15) is 0 Å². The molecule has 0 radical (unpaired) electrons. The molecule has 1 aromatic carbocycles. The van der Waals surface area contributed by atoms with Gasteiger partial charge in [0.2, 0.25) is 0 Å². The van der Waals surface area contributed by atoms with Gasteiger partial charge in [0.1, 0.15) is 10.9 Å². The molecule has 1 aliphatic rings. The van der Waals surface area contributed by atoms with Gasteiger partial charge in [-0.05, 0) is 31.5 Å². The molecule has 0 saturated heterocycles. The molecule has 0 unspecified atom stereocenters. The lowest BCUT2D eigenvalue weighted by molar-refractivity contribution is 0.421. The summed E-state index contributed by atoms with van der Waals surface area (Å²) in [6.45, 7) is 3.86. The third-order valence-electron chi connectivity index (χ3n) is 1.95. The van der Waals surface area contributed by atoms with Crippen molar-refractivity contribution in [1.82, 2.24) is 0 Å². The van der Waals surface area contributed by atoms with E-state index in [1.807, 2.05) is 32.0 Å². The number of allylic oxidation sites excluding steroid dienone is 1. The molecule has 1 N–H and O–H groups in total. The number of halogens is 1. The second kappa shape index (κ2) is 2.96. The van der Waals surface area contributed by atoms with Gasteiger partial charge in [0.25, 0.3) is 0 Å². The summed E-state index contributed by atoms with van der Waals surface area (Å²) in [6.07, 6.45) is 0. The number of aryl methyl sites for hydroxylation is 1. The number of fused-ring (bicyclic) bond motifs is 1. The summed E-state index contributed by atoms with van der Waals surface area (Å²) in [6, 6.07) is 5.95. The highest BCUT2D eigenvalue weighted by Crippen LogP contribution is 2.33. The van der Waals surface area contributed by atoms with Gasteiger partial charge in [0.15, 0.2) is 5.75 Å². The van der Waals surface area contributed by atoms with Crippen molar-refractivity contribution >= 4 is 17.3 Å². The molecule has 2 rings (SSSR count). The standard InChI is InChI=1S/C10H10ClNO/c1-6-3-4-9-8(5-6)12-10(11)7(2)13-9/h3-5,12H,1-2H3. The van der Waals surface area contributed by atoms with Gasteiger partial charge in [-0.1, -0.05) is 17.7 Å². The normalized spacial score (nSPS) is 14.7. The maximum Gasteiger partial charge on any atom is 0.150 e. The Morgan fingerprint density at radius 2 is 2.08 bits per heavy atom. The summed E-state index contributed by atoms with van der Waals surface area (Å²) in [5.41, 5.74) is 2.11. The second-order valence-electron chi connectivity index (χ2n) is 3.10. The Hall–Kier alpha value is -1.15. The number of benzene rings is 1. The number of hydrogen-bond donors (Lipinski definition) is 1. The maximum atomic E-state index is 5.89. The summed E-state index contributed by atoms with van der Waals surface area (Å²) < 4.78 is 5.48. The zero-order valence-electron chi connectivity index (χ0n) is 7.52. The summed E-state index contributed by atoms with van der Waals surface area (Å²) in [5, 5.41) is 3.62. The Morgan fingerprint density at radius 3 is 2.85 bits per heavy atom. The summed E-state index contributed by atoms with van der Waals surface area (Å²) in [4.78, 5) is 0. The molecular weight excluding hydrogens is 186 g/mol. The van der Waals surface area contributed by atoms with Gasteiger partial charge >= 0.3 is 0 Å². The lowest BCUT2D eigenvalue weighted by Gasteiger charge is -2.19. The Morgan fingerprint density at radius 1 is 1.31 bits per heavy atom. The first-order valence-electron chi connectivity index (χ1n) is 4.09. The van der Waals surface area contributed by atoms with Crippen molar-refractivity contribution in [3.63, 3.8) is 0 Å². The Labute approximate surface area is 82.2 Å². The highest BCUT2D eigenvalue weighted by Gasteiger charge is 2.14. The monoisotopic (exact) mass is 195 g/mol. The maximum absolute atomic E-state index is 5.89. The SMILES string of the molecule is CC1=C(Cl)Nc2cc(C)ccc2O1. The summed E-state index contributed by atoms with van der Waals surface area (Å²) in [7, 11) is 0. The molecule has 68 valence electrons. The quantitative estimate of drug-likeness (QED) is 0.642. The molecular formula is C10H10ClNO. The van der Waals surface area contributed by atoms with Gasteiger partial charge in [-0.25, -0.2) is 0 Å². The average Bonchev–Trinajstić information content (AvgIpc) is 2.08. The fourth-order valence-corrected chi connectivity index (χ4v) is 1.39. The summed E-state index contributed by atoms with van der Waals surface area (Å²) >= 11 is 5.89. The number of rotatable bonds is 0. The van der Waals surface area contributed by atoms with Crippen molar-refractivity contribution < 1.29 is 4.74 Å². The Kier molecular flexibility index (Phi) is 1.93. The molecule has 0 atom stereocenters. The highest BCUT2D eigenvalue weighted by atomic mass is 35.5. The molecule has 13 heavy (non-hydrogen) atoms. The molecule has 0 bridgehead atoms. The van der Waals surface area contributed by atoms with Gasteiger partial charge in [-0.15, -0.1) is 0 Å². The Bertz CT molecular complexity index is 385. The molecule has 0 aromatic heterocycles. The zero-order valence-corrected chi connectivity index (χ0v) is 8.27. The van der Waals surface area contributed by atoms with E-state index in [1.165, 1.54) is 5.56 Å². The minimum absolute atomic E-state index is 0.554. The smallest absolute Gasteiger partial charge is 0.150 e. The molecule has 1 aromatic rings. The predicted molar refractivity (Wildman–Crippen MR) is 54.0 cm³/mol. The van der Waals surface area contributed by atoms with Crippen LogP contribution in [0.5, 0.6) is 5.75 Å². The van der Waals surface area contributed by atoms with Crippen molar-refractivity contribution in [3.8, 4) is 5.75 Å². The first-order chi connectivity index (χ1) is 6.16.